The fourth-order valence-corrected chi connectivity index (χ4v) is 0.846. The van der Waals surface area contributed by atoms with Crippen LogP contribution in [0.15, 0.2) is 24.4 Å². The van der Waals surface area contributed by atoms with Gasteiger partial charge in [0.05, 0.1) is 5.69 Å². The summed E-state index contributed by atoms with van der Waals surface area (Å²) in [5.74, 6) is 0. The van der Waals surface area contributed by atoms with Crippen LogP contribution in [0.2, 0.25) is 0 Å². The number of carbonyl (C=O) groups is 1. The van der Waals surface area contributed by atoms with Crippen LogP contribution < -0.4 is 5.32 Å². The van der Waals surface area contributed by atoms with E-state index < -0.39 is 0 Å². The molecule has 0 aliphatic rings. The molecule has 11 heavy (non-hydrogen) atoms. The lowest BCUT2D eigenvalue weighted by Crippen LogP contribution is -2.18. The minimum atomic E-state index is -0.281. The van der Waals surface area contributed by atoms with Crippen LogP contribution in [0.3, 0.4) is 0 Å². The number of nitrogens with zero attached hydrogens (tertiary/aromatic N) is 1. The van der Waals surface area contributed by atoms with Crippen LogP contribution >= 0.6 is 0 Å². The van der Waals surface area contributed by atoms with Gasteiger partial charge < -0.3 is 10.1 Å². The smallest absolute Gasteiger partial charge is 0.143 e. The molecule has 1 aromatic heterocycles. The van der Waals surface area contributed by atoms with E-state index in [1.807, 2.05) is 18.2 Å². The van der Waals surface area contributed by atoms with Crippen molar-refractivity contribution in [2.45, 2.75) is 6.04 Å². The Kier molecular flexibility index (Phi) is 2.74. The van der Waals surface area contributed by atoms with Crippen molar-refractivity contribution in [1.29, 1.82) is 0 Å². The highest BCUT2D eigenvalue weighted by atomic mass is 16.1. The average Bonchev–Trinajstić information content (AvgIpc) is 2.09. The number of likely N-dealkylation sites (N-methyl/N-ethyl adjacent to an activating group) is 1. The van der Waals surface area contributed by atoms with E-state index in [-0.39, 0.29) is 6.04 Å². The van der Waals surface area contributed by atoms with Gasteiger partial charge >= 0.3 is 0 Å². The van der Waals surface area contributed by atoms with E-state index in [2.05, 4.69) is 10.3 Å². The minimum Gasteiger partial charge on any atom is -0.306 e. The van der Waals surface area contributed by atoms with Crippen LogP contribution in [0.5, 0.6) is 0 Å². The molecule has 3 nitrogen and oxygen atoms in total. The van der Waals surface area contributed by atoms with E-state index >= 15 is 0 Å². The van der Waals surface area contributed by atoms with E-state index in [1.165, 1.54) is 0 Å². The van der Waals surface area contributed by atoms with Crippen molar-refractivity contribution in [3.63, 3.8) is 0 Å². The molecule has 0 amide bonds. The van der Waals surface area contributed by atoms with Gasteiger partial charge in [-0.25, -0.2) is 0 Å². The summed E-state index contributed by atoms with van der Waals surface area (Å²) in [5, 5.41) is 2.84. The second kappa shape index (κ2) is 3.83. The van der Waals surface area contributed by atoms with E-state index in [0.29, 0.717) is 0 Å². The molecule has 0 saturated heterocycles. The molecule has 1 unspecified atom stereocenters. The molecule has 0 bridgehead atoms. The Morgan fingerprint density at radius 3 is 2.91 bits per heavy atom. The number of hydrogen-bond acceptors (Lipinski definition) is 3. The van der Waals surface area contributed by atoms with Gasteiger partial charge in [-0.3, -0.25) is 4.98 Å². The van der Waals surface area contributed by atoms with Crippen molar-refractivity contribution in [1.82, 2.24) is 10.3 Å². The van der Waals surface area contributed by atoms with Crippen molar-refractivity contribution in [2.24, 2.45) is 0 Å². The van der Waals surface area contributed by atoms with Crippen LogP contribution in [-0.4, -0.2) is 18.3 Å². The normalized spacial score (nSPS) is 12.5. The highest BCUT2D eigenvalue weighted by Crippen LogP contribution is 2.03. The van der Waals surface area contributed by atoms with Gasteiger partial charge in [0.2, 0.25) is 0 Å². The number of carbonyl (C=O) groups excluding carboxylic acids is 1. The van der Waals surface area contributed by atoms with Crippen molar-refractivity contribution in [3.8, 4) is 0 Å². The maximum absolute atomic E-state index is 10.4. The van der Waals surface area contributed by atoms with E-state index in [0.717, 1.165) is 12.0 Å². The molecule has 0 fully saturated rings. The van der Waals surface area contributed by atoms with Gasteiger partial charge in [-0.1, -0.05) is 6.07 Å². The first-order valence-corrected chi connectivity index (χ1v) is 3.42. The third-order valence-electron chi connectivity index (χ3n) is 1.45. The van der Waals surface area contributed by atoms with Gasteiger partial charge in [-0.2, -0.15) is 0 Å². The molecule has 3 heteroatoms. The van der Waals surface area contributed by atoms with Crippen LogP contribution in [-0.2, 0) is 4.79 Å². The molecule has 1 atom stereocenters. The first kappa shape index (κ1) is 7.88. The second-order valence-corrected chi connectivity index (χ2v) is 2.16. The predicted molar refractivity (Wildman–Crippen MR) is 42.1 cm³/mol. The quantitative estimate of drug-likeness (QED) is 0.639. The van der Waals surface area contributed by atoms with Crippen molar-refractivity contribution in [3.05, 3.63) is 30.1 Å². The number of pyridine rings is 1. The van der Waals surface area contributed by atoms with Crippen LogP contribution in [0.25, 0.3) is 0 Å². The summed E-state index contributed by atoms with van der Waals surface area (Å²) in [6.45, 7) is 0. The molecule has 1 N–H and O–H groups in total. The summed E-state index contributed by atoms with van der Waals surface area (Å²) in [6, 6.07) is 5.21. The van der Waals surface area contributed by atoms with E-state index in [9.17, 15) is 4.79 Å². The predicted octanol–water partition coefficient (Wildman–Crippen LogP) is 0.541. The maximum atomic E-state index is 10.4. The molecule has 0 saturated carbocycles. The molecule has 1 aromatic rings. The van der Waals surface area contributed by atoms with Gasteiger partial charge in [0.15, 0.2) is 0 Å². The lowest BCUT2D eigenvalue weighted by Gasteiger charge is -2.06. The van der Waals surface area contributed by atoms with Crippen molar-refractivity contribution in [2.75, 3.05) is 7.05 Å². The van der Waals surface area contributed by atoms with Gasteiger partial charge in [0.25, 0.3) is 0 Å². The van der Waals surface area contributed by atoms with Gasteiger partial charge in [-0.05, 0) is 19.2 Å². The molecule has 0 aliphatic heterocycles. The number of rotatable bonds is 3. The fourth-order valence-electron chi connectivity index (χ4n) is 0.846. The summed E-state index contributed by atoms with van der Waals surface area (Å²) in [7, 11) is 1.73. The Morgan fingerprint density at radius 1 is 1.64 bits per heavy atom. The Bertz CT molecular complexity index is 223. The first-order chi connectivity index (χ1) is 5.38. The summed E-state index contributed by atoms with van der Waals surface area (Å²) in [6.07, 6.45) is 2.51. The zero-order valence-electron chi connectivity index (χ0n) is 6.32. The Balaban J connectivity index is 2.82. The van der Waals surface area contributed by atoms with Crippen LogP contribution in [0, 0.1) is 0 Å². The molecular weight excluding hydrogens is 140 g/mol. The number of aromatic nitrogens is 1. The SMILES string of the molecule is CNC(C=O)c1ccccn1. The minimum absolute atomic E-state index is 0.281. The number of aldehydes is 1. The third-order valence-corrected chi connectivity index (χ3v) is 1.45. The molecule has 0 aromatic carbocycles. The third kappa shape index (κ3) is 1.85. The Morgan fingerprint density at radius 2 is 2.45 bits per heavy atom. The maximum Gasteiger partial charge on any atom is 0.143 e. The first-order valence-electron chi connectivity index (χ1n) is 3.42. The molecule has 0 spiro atoms. The van der Waals surface area contributed by atoms with Crippen molar-refractivity contribution < 1.29 is 4.79 Å². The molecule has 58 valence electrons. The molecular formula is C8H10N2O. The Hall–Kier alpha value is -1.22. The van der Waals surface area contributed by atoms with Crippen LogP contribution in [0.4, 0.5) is 0 Å². The number of nitrogens with one attached hydrogen (secondary N) is 1. The zero-order valence-corrected chi connectivity index (χ0v) is 6.32. The average molecular weight is 150 g/mol. The largest absolute Gasteiger partial charge is 0.306 e. The molecule has 0 radical (unpaired) electrons. The summed E-state index contributed by atoms with van der Waals surface area (Å²) < 4.78 is 0. The Labute approximate surface area is 65.5 Å². The second-order valence-electron chi connectivity index (χ2n) is 2.16. The highest BCUT2D eigenvalue weighted by molar-refractivity contribution is 5.59. The lowest BCUT2D eigenvalue weighted by molar-refractivity contribution is -0.109. The lowest BCUT2D eigenvalue weighted by atomic mass is 10.2. The molecule has 1 rings (SSSR count). The topological polar surface area (TPSA) is 42.0 Å². The van der Waals surface area contributed by atoms with Crippen LogP contribution in [0.1, 0.15) is 11.7 Å². The molecule has 1 heterocycles. The van der Waals surface area contributed by atoms with Gasteiger partial charge in [0, 0.05) is 6.20 Å². The van der Waals surface area contributed by atoms with Gasteiger partial charge in [0.1, 0.15) is 12.3 Å². The fraction of sp³-hybridized carbons (Fsp3) is 0.250. The van der Waals surface area contributed by atoms with Crippen molar-refractivity contribution >= 4 is 6.29 Å². The highest BCUT2D eigenvalue weighted by Gasteiger charge is 2.06. The summed E-state index contributed by atoms with van der Waals surface area (Å²) in [5.41, 5.74) is 0.755. The monoisotopic (exact) mass is 150 g/mol. The van der Waals surface area contributed by atoms with Gasteiger partial charge in [-0.15, -0.1) is 0 Å². The summed E-state index contributed by atoms with van der Waals surface area (Å²) >= 11 is 0. The zero-order chi connectivity index (χ0) is 8.10. The van der Waals surface area contributed by atoms with E-state index in [1.54, 1.807) is 13.2 Å². The standard InChI is InChI=1S/C8H10N2O/c1-9-8(6-11)7-4-2-3-5-10-7/h2-6,8-9H,1H3. The number of hydrogen-bond donors (Lipinski definition) is 1. The summed E-state index contributed by atoms with van der Waals surface area (Å²) in [4.78, 5) is 14.5. The molecule has 0 aliphatic carbocycles. The van der Waals surface area contributed by atoms with E-state index in [4.69, 9.17) is 0 Å².